The van der Waals surface area contributed by atoms with Crippen LogP contribution in [0.2, 0.25) is 0 Å². The van der Waals surface area contributed by atoms with E-state index in [0.29, 0.717) is 24.2 Å². The smallest absolute Gasteiger partial charge is 0.308 e. The van der Waals surface area contributed by atoms with Gasteiger partial charge in [0.2, 0.25) is 0 Å². The highest BCUT2D eigenvalue weighted by atomic mass is 16.5. The number of anilines is 2. The number of piperidine rings is 1. The third-order valence-corrected chi connectivity index (χ3v) is 4.80. The van der Waals surface area contributed by atoms with Gasteiger partial charge in [0, 0.05) is 24.8 Å². The van der Waals surface area contributed by atoms with Crippen LogP contribution in [0.25, 0.3) is 0 Å². The number of aliphatic carboxylic acids is 1. The first-order chi connectivity index (χ1) is 13.0. The van der Waals surface area contributed by atoms with Crippen molar-refractivity contribution >= 4 is 23.3 Å². The van der Waals surface area contributed by atoms with Crippen LogP contribution in [0.4, 0.5) is 11.4 Å². The molecule has 2 aromatic rings. The number of hydrogen-bond acceptors (Lipinski definition) is 4. The summed E-state index contributed by atoms with van der Waals surface area (Å²) in [5.74, 6) is -0.641. The maximum Gasteiger partial charge on any atom is 0.308 e. The van der Waals surface area contributed by atoms with Gasteiger partial charge in [-0.1, -0.05) is 25.1 Å². The molecule has 0 aliphatic carbocycles. The minimum Gasteiger partial charge on any atom is -0.497 e. The van der Waals surface area contributed by atoms with Crippen LogP contribution in [-0.4, -0.2) is 42.1 Å². The standard InChI is InChI=1S/C21H24N2O4/c1-14-10-15(21(25)26)13-23(12-14)20(24)18-8-3-4-9-19(18)22-16-6-5-7-17(11-16)27-2/h3-9,11,14-15,22H,10,12-13H2,1-2H3,(H,25,26). The minimum atomic E-state index is -0.845. The van der Waals surface area contributed by atoms with E-state index in [1.165, 1.54) is 0 Å². The number of likely N-dealkylation sites (tertiary alicyclic amines) is 1. The van der Waals surface area contributed by atoms with Crippen molar-refractivity contribution in [1.29, 1.82) is 0 Å². The molecule has 3 rings (SSSR count). The molecular weight excluding hydrogens is 344 g/mol. The van der Waals surface area contributed by atoms with Gasteiger partial charge in [-0.2, -0.15) is 0 Å². The number of carbonyl (C=O) groups excluding carboxylic acids is 1. The topological polar surface area (TPSA) is 78.9 Å². The number of ether oxygens (including phenoxy) is 1. The second-order valence-corrected chi connectivity index (χ2v) is 6.99. The number of hydrogen-bond donors (Lipinski definition) is 2. The summed E-state index contributed by atoms with van der Waals surface area (Å²) in [5.41, 5.74) is 2.02. The summed E-state index contributed by atoms with van der Waals surface area (Å²) in [6.45, 7) is 2.79. The van der Waals surface area contributed by atoms with Gasteiger partial charge >= 0.3 is 5.97 Å². The number of amides is 1. The molecule has 0 radical (unpaired) electrons. The van der Waals surface area contributed by atoms with Crippen molar-refractivity contribution in [3.05, 3.63) is 54.1 Å². The Bertz CT molecular complexity index is 836. The summed E-state index contributed by atoms with van der Waals surface area (Å²) in [5, 5.41) is 12.6. The van der Waals surface area contributed by atoms with E-state index in [1.54, 1.807) is 18.1 Å². The molecule has 6 nitrogen and oxygen atoms in total. The van der Waals surface area contributed by atoms with Crippen LogP contribution in [-0.2, 0) is 4.79 Å². The molecule has 1 amide bonds. The molecule has 0 aromatic heterocycles. The molecule has 27 heavy (non-hydrogen) atoms. The lowest BCUT2D eigenvalue weighted by Gasteiger charge is -2.35. The summed E-state index contributed by atoms with van der Waals surface area (Å²) >= 11 is 0. The Labute approximate surface area is 158 Å². The van der Waals surface area contributed by atoms with Crippen LogP contribution < -0.4 is 10.1 Å². The number of benzene rings is 2. The third-order valence-electron chi connectivity index (χ3n) is 4.80. The van der Waals surface area contributed by atoms with Gasteiger partial charge in [-0.3, -0.25) is 9.59 Å². The molecule has 2 N–H and O–H groups in total. The molecule has 2 unspecified atom stereocenters. The fourth-order valence-electron chi connectivity index (χ4n) is 3.50. The van der Waals surface area contributed by atoms with Crippen LogP contribution >= 0.6 is 0 Å². The SMILES string of the molecule is COc1cccc(Nc2ccccc2C(=O)N2CC(C)CC(C(=O)O)C2)c1. The van der Waals surface area contributed by atoms with Gasteiger partial charge in [-0.25, -0.2) is 0 Å². The first-order valence-electron chi connectivity index (χ1n) is 9.00. The van der Waals surface area contributed by atoms with E-state index >= 15 is 0 Å². The maximum absolute atomic E-state index is 13.1. The normalized spacial score (nSPS) is 19.4. The van der Waals surface area contributed by atoms with Crippen LogP contribution in [0, 0.1) is 11.8 Å². The number of rotatable bonds is 5. The second kappa shape index (κ2) is 8.12. The molecule has 0 bridgehead atoms. The van der Waals surface area contributed by atoms with Gasteiger partial charge in [-0.05, 0) is 36.6 Å². The van der Waals surface area contributed by atoms with Crippen LogP contribution in [0.3, 0.4) is 0 Å². The predicted molar refractivity (Wildman–Crippen MR) is 104 cm³/mol. The number of nitrogens with one attached hydrogen (secondary N) is 1. The molecule has 0 spiro atoms. The quantitative estimate of drug-likeness (QED) is 0.843. The summed E-state index contributed by atoms with van der Waals surface area (Å²) in [6.07, 6.45) is 0.600. The van der Waals surface area contributed by atoms with Crippen LogP contribution in [0.5, 0.6) is 5.75 Å². The van der Waals surface area contributed by atoms with E-state index in [1.807, 2.05) is 49.4 Å². The average molecular weight is 368 g/mol. The van der Waals surface area contributed by atoms with Gasteiger partial charge in [-0.15, -0.1) is 0 Å². The third kappa shape index (κ3) is 4.39. The van der Waals surface area contributed by atoms with E-state index in [2.05, 4.69) is 5.32 Å². The van der Waals surface area contributed by atoms with Crippen molar-refractivity contribution < 1.29 is 19.4 Å². The number of carboxylic acid groups (broad SMARTS) is 1. The molecule has 0 saturated carbocycles. The summed E-state index contributed by atoms with van der Waals surface area (Å²) < 4.78 is 5.24. The Morgan fingerprint density at radius 1 is 1.15 bits per heavy atom. The zero-order valence-electron chi connectivity index (χ0n) is 15.5. The largest absolute Gasteiger partial charge is 0.497 e. The maximum atomic E-state index is 13.1. The number of carbonyl (C=O) groups is 2. The van der Waals surface area contributed by atoms with Gasteiger partial charge in [0.25, 0.3) is 5.91 Å². The lowest BCUT2D eigenvalue weighted by molar-refractivity contribution is -0.143. The molecule has 2 atom stereocenters. The van der Waals surface area contributed by atoms with Crippen LogP contribution in [0.1, 0.15) is 23.7 Å². The van der Waals surface area contributed by atoms with Gasteiger partial charge < -0.3 is 20.1 Å². The van der Waals surface area contributed by atoms with Crippen molar-refractivity contribution in [2.24, 2.45) is 11.8 Å². The molecule has 1 fully saturated rings. The Hall–Kier alpha value is -3.02. The molecule has 2 aromatic carbocycles. The van der Waals surface area contributed by atoms with E-state index < -0.39 is 11.9 Å². The monoisotopic (exact) mass is 368 g/mol. The number of carboxylic acids is 1. The second-order valence-electron chi connectivity index (χ2n) is 6.99. The highest BCUT2D eigenvalue weighted by Crippen LogP contribution is 2.28. The number of methoxy groups -OCH3 is 1. The number of para-hydroxylation sites is 1. The number of nitrogens with zero attached hydrogens (tertiary/aromatic N) is 1. The van der Waals surface area contributed by atoms with Gasteiger partial charge in [0.15, 0.2) is 0 Å². The van der Waals surface area contributed by atoms with Crippen molar-refractivity contribution in [2.75, 3.05) is 25.5 Å². The van der Waals surface area contributed by atoms with Gasteiger partial charge in [0.05, 0.1) is 24.3 Å². The first kappa shape index (κ1) is 18.8. The Balaban J connectivity index is 1.84. The molecule has 1 aliphatic rings. The van der Waals surface area contributed by atoms with E-state index in [0.717, 1.165) is 11.4 Å². The zero-order valence-corrected chi connectivity index (χ0v) is 15.5. The Kier molecular flexibility index (Phi) is 5.64. The summed E-state index contributed by atoms with van der Waals surface area (Å²) in [6, 6.07) is 14.7. The minimum absolute atomic E-state index is 0.154. The van der Waals surface area contributed by atoms with Crippen molar-refractivity contribution in [1.82, 2.24) is 4.90 Å². The highest BCUT2D eigenvalue weighted by Gasteiger charge is 2.32. The van der Waals surface area contributed by atoms with E-state index in [-0.39, 0.29) is 18.4 Å². The average Bonchev–Trinajstić information content (AvgIpc) is 2.67. The Morgan fingerprint density at radius 3 is 2.67 bits per heavy atom. The fourth-order valence-corrected chi connectivity index (χ4v) is 3.50. The van der Waals surface area contributed by atoms with Crippen LogP contribution in [0.15, 0.2) is 48.5 Å². The van der Waals surface area contributed by atoms with Gasteiger partial charge in [0.1, 0.15) is 5.75 Å². The Morgan fingerprint density at radius 2 is 1.93 bits per heavy atom. The molecule has 1 saturated heterocycles. The van der Waals surface area contributed by atoms with Crippen molar-refractivity contribution in [3.8, 4) is 5.75 Å². The van der Waals surface area contributed by atoms with E-state index in [4.69, 9.17) is 4.74 Å². The molecule has 6 heteroatoms. The lowest BCUT2D eigenvalue weighted by atomic mass is 9.90. The van der Waals surface area contributed by atoms with Crippen molar-refractivity contribution in [2.45, 2.75) is 13.3 Å². The highest BCUT2D eigenvalue weighted by molar-refractivity contribution is 6.00. The van der Waals surface area contributed by atoms with Crippen molar-refractivity contribution in [3.63, 3.8) is 0 Å². The predicted octanol–water partition coefficient (Wildman–Crippen LogP) is 3.62. The first-order valence-corrected chi connectivity index (χ1v) is 9.00. The fraction of sp³-hybridized carbons (Fsp3) is 0.333. The summed E-state index contributed by atoms with van der Waals surface area (Å²) in [7, 11) is 1.60. The van der Waals surface area contributed by atoms with E-state index in [9.17, 15) is 14.7 Å². The molecular formula is C21H24N2O4. The zero-order chi connectivity index (χ0) is 19.4. The molecule has 142 valence electrons. The lowest BCUT2D eigenvalue weighted by Crippen LogP contribution is -2.45. The molecule has 1 aliphatic heterocycles. The summed E-state index contributed by atoms with van der Waals surface area (Å²) in [4.78, 5) is 26.2. The molecule has 1 heterocycles.